The third-order valence-electron chi connectivity index (χ3n) is 2.20. The summed E-state index contributed by atoms with van der Waals surface area (Å²) in [5.74, 6) is 0. The van der Waals surface area contributed by atoms with Gasteiger partial charge in [-0.25, -0.2) is 0 Å². The maximum absolute atomic E-state index is 5.49. The molecular weight excluding hydrogens is 220 g/mol. The molecule has 1 heterocycles. The van der Waals surface area contributed by atoms with Gasteiger partial charge in [-0.1, -0.05) is 0 Å². The van der Waals surface area contributed by atoms with Crippen molar-refractivity contribution in [2.24, 2.45) is 0 Å². The highest BCUT2D eigenvalue weighted by atomic mass is 32.1. The number of nitrogens with zero attached hydrogens (tertiary/aromatic N) is 1. The molecule has 1 N–H and O–H groups in total. The van der Waals surface area contributed by atoms with Gasteiger partial charge in [0.2, 0.25) is 0 Å². The van der Waals surface area contributed by atoms with Gasteiger partial charge in [-0.15, -0.1) is 11.3 Å². The molecule has 0 spiro atoms. The van der Waals surface area contributed by atoms with Crippen LogP contribution >= 0.6 is 11.3 Å². The number of hydrogen-bond acceptors (Lipinski definition) is 4. The van der Waals surface area contributed by atoms with Crippen molar-refractivity contribution in [1.29, 1.82) is 0 Å². The number of ether oxygens (including phenoxy) is 1. The Morgan fingerprint density at radius 1 is 1.31 bits per heavy atom. The van der Waals surface area contributed by atoms with Crippen molar-refractivity contribution in [3.63, 3.8) is 0 Å². The molecule has 0 aliphatic carbocycles. The lowest BCUT2D eigenvalue weighted by atomic mass is 10.4. The first kappa shape index (κ1) is 13.6. The number of likely N-dealkylation sites (N-methyl/N-ethyl adjacent to an activating group) is 1. The predicted octanol–water partition coefficient (Wildman–Crippen LogP) is 1.72. The van der Waals surface area contributed by atoms with Gasteiger partial charge in [0.25, 0.3) is 0 Å². The maximum atomic E-state index is 5.49. The Bertz CT molecular complexity index is 286. The Balaban J connectivity index is 1.92. The second kappa shape index (κ2) is 7.79. The van der Waals surface area contributed by atoms with Crippen LogP contribution in [0.4, 0.5) is 0 Å². The highest BCUT2D eigenvalue weighted by Gasteiger charge is 1.96. The standard InChI is InChI=1S/C12H22N2OS/c1-11-4-5-12(16-11)10-13-6-8-15-9-7-14(2)3/h4-5,13H,6-10H2,1-3H3. The van der Waals surface area contributed by atoms with Crippen molar-refractivity contribution in [2.45, 2.75) is 13.5 Å². The summed E-state index contributed by atoms with van der Waals surface area (Å²) in [4.78, 5) is 4.90. The average molecular weight is 242 g/mol. The zero-order valence-corrected chi connectivity index (χ0v) is 11.3. The minimum absolute atomic E-state index is 0.790. The lowest BCUT2D eigenvalue weighted by molar-refractivity contribution is 0.119. The third-order valence-corrected chi connectivity index (χ3v) is 3.20. The number of hydrogen-bond donors (Lipinski definition) is 1. The van der Waals surface area contributed by atoms with Crippen molar-refractivity contribution in [3.05, 3.63) is 21.9 Å². The van der Waals surface area contributed by atoms with Crippen LogP contribution in [-0.4, -0.2) is 45.3 Å². The highest BCUT2D eigenvalue weighted by Crippen LogP contribution is 2.14. The summed E-state index contributed by atoms with van der Waals surface area (Å²) in [6.07, 6.45) is 0. The summed E-state index contributed by atoms with van der Waals surface area (Å²) in [5, 5.41) is 3.37. The van der Waals surface area contributed by atoms with Crippen LogP contribution in [0.25, 0.3) is 0 Å². The van der Waals surface area contributed by atoms with E-state index < -0.39 is 0 Å². The summed E-state index contributed by atoms with van der Waals surface area (Å²) in [5.41, 5.74) is 0. The molecule has 1 aromatic rings. The minimum Gasteiger partial charge on any atom is -0.379 e. The second-order valence-corrected chi connectivity index (χ2v) is 5.48. The number of rotatable bonds is 8. The van der Waals surface area contributed by atoms with Crippen molar-refractivity contribution in [1.82, 2.24) is 10.2 Å². The van der Waals surface area contributed by atoms with Crippen LogP contribution in [-0.2, 0) is 11.3 Å². The fourth-order valence-corrected chi connectivity index (χ4v) is 2.15. The Labute approximate surface area is 102 Å². The van der Waals surface area contributed by atoms with Crippen molar-refractivity contribution in [3.8, 4) is 0 Å². The summed E-state index contributed by atoms with van der Waals surface area (Å²) in [7, 11) is 4.11. The molecule has 0 aliphatic rings. The van der Waals surface area contributed by atoms with E-state index in [1.54, 1.807) is 0 Å². The molecule has 4 heteroatoms. The molecule has 0 unspecified atom stereocenters. The zero-order valence-electron chi connectivity index (χ0n) is 10.5. The minimum atomic E-state index is 0.790. The van der Waals surface area contributed by atoms with E-state index in [-0.39, 0.29) is 0 Å². The number of nitrogens with one attached hydrogen (secondary N) is 1. The van der Waals surface area contributed by atoms with E-state index in [0.29, 0.717) is 0 Å². The highest BCUT2D eigenvalue weighted by molar-refractivity contribution is 7.11. The first-order valence-electron chi connectivity index (χ1n) is 5.67. The van der Waals surface area contributed by atoms with Gasteiger partial charge in [-0.2, -0.15) is 0 Å². The van der Waals surface area contributed by atoms with Gasteiger partial charge >= 0.3 is 0 Å². The molecule has 16 heavy (non-hydrogen) atoms. The molecule has 0 fully saturated rings. The fraction of sp³-hybridized carbons (Fsp3) is 0.667. The Morgan fingerprint density at radius 2 is 2.12 bits per heavy atom. The molecule has 0 atom stereocenters. The molecule has 1 aromatic heterocycles. The van der Waals surface area contributed by atoms with E-state index in [1.807, 2.05) is 11.3 Å². The molecule has 0 aliphatic heterocycles. The lowest BCUT2D eigenvalue weighted by Crippen LogP contribution is -2.22. The summed E-state index contributed by atoms with van der Waals surface area (Å²) >= 11 is 1.85. The smallest absolute Gasteiger partial charge is 0.0593 e. The van der Waals surface area contributed by atoms with Crippen LogP contribution in [0.3, 0.4) is 0 Å². The van der Waals surface area contributed by atoms with Crippen LogP contribution in [0.5, 0.6) is 0 Å². The van der Waals surface area contributed by atoms with E-state index in [4.69, 9.17) is 4.74 Å². The third kappa shape index (κ3) is 6.23. The summed E-state index contributed by atoms with van der Waals surface area (Å²) in [6.45, 7) is 6.60. The van der Waals surface area contributed by atoms with Gasteiger partial charge in [0.15, 0.2) is 0 Å². The van der Waals surface area contributed by atoms with Crippen molar-refractivity contribution >= 4 is 11.3 Å². The normalized spacial score (nSPS) is 11.2. The lowest BCUT2D eigenvalue weighted by Gasteiger charge is -2.09. The monoisotopic (exact) mass is 242 g/mol. The van der Waals surface area contributed by atoms with Crippen LogP contribution in [0.2, 0.25) is 0 Å². The molecule has 0 aromatic carbocycles. The Morgan fingerprint density at radius 3 is 2.75 bits per heavy atom. The summed E-state index contributed by atoms with van der Waals surface area (Å²) < 4.78 is 5.49. The second-order valence-electron chi connectivity index (χ2n) is 4.10. The van der Waals surface area contributed by atoms with Gasteiger partial charge in [-0.3, -0.25) is 0 Å². The Hall–Kier alpha value is -0.420. The molecular formula is C12H22N2OS. The maximum Gasteiger partial charge on any atom is 0.0593 e. The van der Waals surface area contributed by atoms with Gasteiger partial charge in [0.1, 0.15) is 0 Å². The van der Waals surface area contributed by atoms with E-state index in [9.17, 15) is 0 Å². The average Bonchev–Trinajstić information content (AvgIpc) is 2.62. The molecule has 92 valence electrons. The first-order chi connectivity index (χ1) is 7.68. The van der Waals surface area contributed by atoms with Gasteiger partial charge in [-0.05, 0) is 33.2 Å². The van der Waals surface area contributed by atoms with Crippen molar-refractivity contribution in [2.75, 3.05) is 40.4 Å². The fourth-order valence-electron chi connectivity index (χ4n) is 1.29. The molecule has 0 saturated heterocycles. The molecule has 1 rings (SSSR count). The van der Waals surface area contributed by atoms with Crippen molar-refractivity contribution < 1.29 is 4.74 Å². The summed E-state index contributed by atoms with van der Waals surface area (Å²) in [6, 6.07) is 4.34. The number of aryl methyl sites for hydroxylation is 1. The molecule has 0 radical (unpaired) electrons. The molecule has 0 bridgehead atoms. The Kier molecular flexibility index (Phi) is 6.64. The molecule has 3 nitrogen and oxygen atoms in total. The van der Waals surface area contributed by atoms with Gasteiger partial charge in [0.05, 0.1) is 13.2 Å². The largest absolute Gasteiger partial charge is 0.379 e. The van der Waals surface area contributed by atoms with E-state index in [1.165, 1.54) is 9.75 Å². The SMILES string of the molecule is Cc1ccc(CNCCOCCN(C)C)s1. The van der Waals surface area contributed by atoms with Gasteiger partial charge in [0, 0.05) is 29.4 Å². The van der Waals surface area contributed by atoms with E-state index >= 15 is 0 Å². The van der Waals surface area contributed by atoms with Crippen LogP contribution in [0, 0.1) is 6.92 Å². The first-order valence-corrected chi connectivity index (χ1v) is 6.48. The van der Waals surface area contributed by atoms with E-state index in [2.05, 4.69) is 43.4 Å². The quantitative estimate of drug-likeness (QED) is 0.703. The zero-order chi connectivity index (χ0) is 11.8. The molecule has 0 amide bonds. The van der Waals surface area contributed by atoms with Gasteiger partial charge < -0.3 is 15.0 Å². The molecule has 0 saturated carbocycles. The number of thiophene rings is 1. The van der Waals surface area contributed by atoms with E-state index in [0.717, 1.165) is 32.8 Å². The van der Waals surface area contributed by atoms with Crippen LogP contribution in [0.1, 0.15) is 9.75 Å². The predicted molar refractivity (Wildman–Crippen MR) is 70.1 cm³/mol. The van der Waals surface area contributed by atoms with Crippen LogP contribution in [0.15, 0.2) is 12.1 Å². The van der Waals surface area contributed by atoms with Crippen LogP contribution < -0.4 is 5.32 Å². The topological polar surface area (TPSA) is 24.5 Å².